The zero-order valence-electron chi connectivity index (χ0n) is 11.0. The molecule has 0 aliphatic carbocycles. The molecule has 2 heterocycles. The number of sulfone groups is 1. The molecule has 1 aromatic rings. The minimum absolute atomic E-state index is 0.00382. The van der Waals surface area contributed by atoms with Gasteiger partial charge in [0.1, 0.15) is 5.82 Å². The molecule has 0 radical (unpaired) electrons. The number of aromatic nitrogens is 2. The van der Waals surface area contributed by atoms with Gasteiger partial charge in [-0.25, -0.2) is 13.4 Å². The van der Waals surface area contributed by atoms with Gasteiger partial charge in [0.15, 0.2) is 9.84 Å². The normalized spacial score (nSPS) is 20.9. The SMILES string of the molecule is Cc1nc(C2CCS(=O)(=O)C2)[nH]c(=O)c1CCC(=O)O. The summed E-state index contributed by atoms with van der Waals surface area (Å²) in [6, 6.07) is 0. The molecule has 1 aliphatic rings. The number of aromatic amines is 1. The van der Waals surface area contributed by atoms with Gasteiger partial charge >= 0.3 is 5.97 Å². The first-order valence-corrected chi connectivity index (χ1v) is 8.12. The fourth-order valence-electron chi connectivity index (χ4n) is 2.36. The van der Waals surface area contributed by atoms with E-state index in [1.165, 1.54) is 0 Å². The number of nitrogens with zero attached hydrogens (tertiary/aromatic N) is 1. The Hall–Kier alpha value is -1.70. The Kier molecular flexibility index (Phi) is 3.94. The summed E-state index contributed by atoms with van der Waals surface area (Å²) in [5, 5.41) is 8.64. The Morgan fingerprint density at radius 1 is 1.50 bits per heavy atom. The predicted molar refractivity (Wildman–Crippen MR) is 71.6 cm³/mol. The minimum Gasteiger partial charge on any atom is -0.481 e. The number of carbonyl (C=O) groups is 1. The van der Waals surface area contributed by atoms with Gasteiger partial charge in [0, 0.05) is 23.6 Å². The number of H-pyrrole nitrogens is 1. The summed E-state index contributed by atoms with van der Waals surface area (Å²) in [5.41, 5.74) is 0.435. The number of aryl methyl sites for hydroxylation is 1. The molecule has 20 heavy (non-hydrogen) atoms. The topological polar surface area (TPSA) is 117 Å². The minimum atomic E-state index is -3.04. The van der Waals surface area contributed by atoms with Gasteiger partial charge in [0.25, 0.3) is 5.56 Å². The molecule has 1 fully saturated rings. The van der Waals surface area contributed by atoms with Crippen molar-refractivity contribution in [2.45, 2.75) is 32.1 Å². The Labute approximate surface area is 116 Å². The van der Waals surface area contributed by atoms with Crippen LogP contribution in [0.1, 0.15) is 35.8 Å². The second-order valence-corrected chi connectivity index (χ2v) is 7.24. The molecule has 1 aliphatic heterocycles. The van der Waals surface area contributed by atoms with Gasteiger partial charge in [-0.2, -0.15) is 0 Å². The molecule has 110 valence electrons. The van der Waals surface area contributed by atoms with Crippen molar-refractivity contribution in [3.8, 4) is 0 Å². The first kappa shape index (κ1) is 14.7. The molecule has 2 N–H and O–H groups in total. The summed E-state index contributed by atoms with van der Waals surface area (Å²) in [7, 11) is -3.04. The molecule has 1 atom stereocenters. The van der Waals surface area contributed by atoms with Gasteiger partial charge in [0.2, 0.25) is 0 Å². The van der Waals surface area contributed by atoms with E-state index in [0.717, 1.165) is 0 Å². The summed E-state index contributed by atoms with van der Waals surface area (Å²) in [5.74, 6) is -0.757. The standard InChI is InChI=1S/C12H16N2O5S/c1-7-9(2-3-10(15)16)12(17)14-11(13-7)8-4-5-20(18,19)6-8/h8H,2-6H2,1H3,(H,15,16)(H,13,14,17). The van der Waals surface area contributed by atoms with Crippen molar-refractivity contribution >= 4 is 15.8 Å². The number of aliphatic carboxylic acids is 1. The fourth-order valence-corrected chi connectivity index (χ4v) is 4.11. The van der Waals surface area contributed by atoms with Crippen LogP contribution in [0.5, 0.6) is 0 Å². The van der Waals surface area contributed by atoms with E-state index in [1.807, 2.05) is 0 Å². The highest BCUT2D eigenvalue weighted by Crippen LogP contribution is 2.26. The van der Waals surface area contributed by atoms with Gasteiger partial charge in [-0.05, 0) is 19.8 Å². The summed E-state index contributed by atoms with van der Waals surface area (Å²) >= 11 is 0. The quantitative estimate of drug-likeness (QED) is 0.808. The van der Waals surface area contributed by atoms with Crippen molar-refractivity contribution in [3.05, 3.63) is 27.4 Å². The van der Waals surface area contributed by atoms with Crippen LogP contribution < -0.4 is 5.56 Å². The number of hydrogen-bond acceptors (Lipinski definition) is 5. The summed E-state index contributed by atoms with van der Waals surface area (Å²) in [4.78, 5) is 29.3. The van der Waals surface area contributed by atoms with E-state index in [-0.39, 0.29) is 35.8 Å². The molecule has 0 bridgehead atoms. The lowest BCUT2D eigenvalue weighted by Gasteiger charge is -2.10. The van der Waals surface area contributed by atoms with Crippen LogP contribution >= 0.6 is 0 Å². The molecule has 0 spiro atoms. The molecule has 0 amide bonds. The maximum absolute atomic E-state index is 12.0. The van der Waals surface area contributed by atoms with Crippen molar-refractivity contribution < 1.29 is 18.3 Å². The third kappa shape index (κ3) is 3.24. The average Bonchev–Trinajstić information content (AvgIpc) is 2.68. The van der Waals surface area contributed by atoms with E-state index in [9.17, 15) is 18.0 Å². The summed E-state index contributed by atoms with van der Waals surface area (Å²) in [6.07, 6.45) is 0.439. The number of carboxylic acids is 1. The van der Waals surface area contributed by atoms with Gasteiger partial charge in [-0.15, -0.1) is 0 Å². The van der Waals surface area contributed by atoms with Crippen molar-refractivity contribution in [2.75, 3.05) is 11.5 Å². The maximum Gasteiger partial charge on any atom is 0.303 e. The summed E-state index contributed by atoms with van der Waals surface area (Å²) < 4.78 is 22.9. The van der Waals surface area contributed by atoms with Gasteiger partial charge in [0.05, 0.1) is 11.5 Å². The molecule has 8 heteroatoms. The predicted octanol–water partition coefficient (Wildman–Crippen LogP) is -0.00238. The van der Waals surface area contributed by atoms with Crippen LogP contribution in [-0.2, 0) is 21.1 Å². The van der Waals surface area contributed by atoms with Crippen LogP contribution in [0, 0.1) is 6.92 Å². The number of carboxylic acid groups (broad SMARTS) is 1. The Morgan fingerprint density at radius 3 is 2.70 bits per heavy atom. The van der Waals surface area contributed by atoms with E-state index in [1.54, 1.807) is 6.92 Å². The first-order chi connectivity index (χ1) is 9.28. The largest absolute Gasteiger partial charge is 0.481 e. The highest BCUT2D eigenvalue weighted by Gasteiger charge is 2.31. The van der Waals surface area contributed by atoms with E-state index in [2.05, 4.69) is 9.97 Å². The monoisotopic (exact) mass is 300 g/mol. The zero-order valence-corrected chi connectivity index (χ0v) is 11.9. The van der Waals surface area contributed by atoms with Gasteiger partial charge in [-0.1, -0.05) is 0 Å². The van der Waals surface area contributed by atoms with Crippen molar-refractivity contribution in [1.82, 2.24) is 9.97 Å². The second kappa shape index (κ2) is 5.35. The lowest BCUT2D eigenvalue weighted by Crippen LogP contribution is -2.22. The Bertz CT molecular complexity index is 692. The smallest absolute Gasteiger partial charge is 0.303 e. The molecule has 2 rings (SSSR count). The van der Waals surface area contributed by atoms with Crippen LogP contribution in [0.25, 0.3) is 0 Å². The second-order valence-electron chi connectivity index (χ2n) is 5.01. The number of nitrogens with one attached hydrogen (secondary N) is 1. The van der Waals surface area contributed by atoms with Crippen molar-refractivity contribution in [2.24, 2.45) is 0 Å². The third-order valence-electron chi connectivity index (χ3n) is 3.45. The van der Waals surface area contributed by atoms with Crippen LogP contribution in [0.4, 0.5) is 0 Å². The lowest BCUT2D eigenvalue weighted by atomic mass is 10.1. The van der Waals surface area contributed by atoms with Crippen LogP contribution in [0.15, 0.2) is 4.79 Å². The molecule has 0 saturated carbocycles. The third-order valence-corrected chi connectivity index (χ3v) is 5.22. The Morgan fingerprint density at radius 2 is 2.20 bits per heavy atom. The maximum atomic E-state index is 12.0. The van der Waals surface area contributed by atoms with Crippen LogP contribution in [0.2, 0.25) is 0 Å². The highest BCUT2D eigenvalue weighted by atomic mass is 32.2. The van der Waals surface area contributed by atoms with E-state index in [0.29, 0.717) is 23.5 Å². The lowest BCUT2D eigenvalue weighted by molar-refractivity contribution is -0.136. The molecular weight excluding hydrogens is 284 g/mol. The Balaban J connectivity index is 2.27. The van der Waals surface area contributed by atoms with Crippen LogP contribution in [0.3, 0.4) is 0 Å². The molecule has 0 aromatic carbocycles. The molecule has 1 aromatic heterocycles. The summed E-state index contributed by atoms with van der Waals surface area (Å²) in [6.45, 7) is 1.64. The fraction of sp³-hybridized carbons (Fsp3) is 0.583. The molecular formula is C12H16N2O5S. The van der Waals surface area contributed by atoms with Gasteiger partial charge in [-0.3, -0.25) is 9.59 Å². The molecule has 1 unspecified atom stereocenters. The van der Waals surface area contributed by atoms with Crippen molar-refractivity contribution in [1.29, 1.82) is 0 Å². The highest BCUT2D eigenvalue weighted by molar-refractivity contribution is 7.91. The van der Waals surface area contributed by atoms with Crippen LogP contribution in [-0.4, -0.2) is 41.0 Å². The molecule has 1 saturated heterocycles. The average molecular weight is 300 g/mol. The first-order valence-electron chi connectivity index (χ1n) is 6.30. The number of rotatable bonds is 4. The zero-order chi connectivity index (χ0) is 14.9. The number of hydrogen-bond donors (Lipinski definition) is 2. The van der Waals surface area contributed by atoms with E-state index in [4.69, 9.17) is 5.11 Å². The van der Waals surface area contributed by atoms with E-state index >= 15 is 0 Å². The van der Waals surface area contributed by atoms with E-state index < -0.39 is 15.8 Å². The molecule has 7 nitrogen and oxygen atoms in total. The van der Waals surface area contributed by atoms with Crippen molar-refractivity contribution in [3.63, 3.8) is 0 Å². The van der Waals surface area contributed by atoms with Gasteiger partial charge < -0.3 is 10.1 Å².